The van der Waals surface area contributed by atoms with Gasteiger partial charge in [0.1, 0.15) is 0 Å². The van der Waals surface area contributed by atoms with Crippen LogP contribution in [0.15, 0.2) is 60.8 Å². The van der Waals surface area contributed by atoms with Crippen molar-refractivity contribution in [2.24, 2.45) is 0 Å². The molecular weight excluding hydrogens is 204 g/mol. The van der Waals surface area contributed by atoms with Gasteiger partial charge in [-0.05, 0) is 19.3 Å². The minimum absolute atomic E-state index is 0.995. The van der Waals surface area contributed by atoms with Crippen LogP contribution in [0.2, 0.25) is 0 Å². The third-order valence-electron chi connectivity index (χ3n) is 2.02. The van der Waals surface area contributed by atoms with Gasteiger partial charge in [-0.25, -0.2) is 0 Å². The fourth-order valence-corrected chi connectivity index (χ4v) is 1.35. The van der Waals surface area contributed by atoms with E-state index in [4.69, 9.17) is 0 Å². The molecule has 0 aromatic rings. The molecule has 1 rings (SSSR count). The summed E-state index contributed by atoms with van der Waals surface area (Å²) in [6.07, 6.45) is 15.6. The molecule has 0 atom stereocenters. The molecule has 0 N–H and O–H groups in total. The predicted molar refractivity (Wildman–Crippen MR) is 82.2 cm³/mol. The number of hydrogen-bond acceptors (Lipinski definition) is 0. The van der Waals surface area contributed by atoms with Crippen LogP contribution in [0.3, 0.4) is 0 Å². The molecule has 0 amide bonds. The molecule has 0 aromatic heterocycles. The standard InChI is InChI=1S/C13H16.2C2H6/c1-3-4-8-12(2)11-13-9-6-5-7-10-13;2*1-2/h3-6,8-9H,1-2,7,10-11H2;2*1-2H3/b8-4-;;. The molecule has 0 aliphatic heterocycles. The highest BCUT2D eigenvalue weighted by Crippen LogP contribution is 2.19. The minimum atomic E-state index is 0.995. The molecular formula is C17H28. The van der Waals surface area contributed by atoms with E-state index >= 15 is 0 Å². The van der Waals surface area contributed by atoms with Gasteiger partial charge in [0, 0.05) is 0 Å². The van der Waals surface area contributed by atoms with Crippen molar-refractivity contribution in [1.82, 2.24) is 0 Å². The summed E-state index contributed by atoms with van der Waals surface area (Å²) in [7, 11) is 0. The number of rotatable bonds is 4. The summed E-state index contributed by atoms with van der Waals surface area (Å²) in [5, 5.41) is 0. The molecule has 0 aromatic carbocycles. The first kappa shape index (κ1) is 18.1. The molecule has 0 nitrogen and oxygen atoms in total. The van der Waals surface area contributed by atoms with Crippen molar-refractivity contribution in [2.45, 2.75) is 47.0 Å². The van der Waals surface area contributed by atoms with E-state index in [2.05, 4.69) is 31.4 Å². The summed E-state index contributed by atoms with van der Waals surface area (Å²) in [4.78, 5) is 0. The summed E-state index contributed by atoms with van der Waals surface area (Å²) in [6.45, 7) is 15.6. The molecule has 0 heterocycles. The molecule has 0 spiro atoms. The van der Waals surface area contributed by atoms with Gasteiger partial charge in [0.15, 0.2) is 0 Å². The van der Waals surface area contributed by atoms with Gasteiger partial charge < -0.3 is 0 Å². The highest BCUT2D eigenvalue weighted by atomic mass is 14.0. The highest BCUT2D eigenvalue weighted by Gasteiger charge is 1.99. The third kappa shape index (κ3) is 11.0. The quantitative estimate of drug-likeness (QED) is 0.521. The van der Waals surface area contributed by atoms with E-state index in [1.807, 2.05) is 39.8 Å². The smallest absolute Gasteiger partial charge is 0.00697 e. The maximum atomic E-state index is 3.99. The first-order chi connectivity index (χ1) is 8.33. The average Bonchev–Trinajstić information content (AvgIpc) is 2.42. The van der Waals surface area contributed by atoms with Gasteiger partial charge in [0.05, 0.1) is 0 Å². The van der Waals surface area contributed by atoms with E-state index in [1.54, 1.807) is 6.08 Å². The maximum Gasteiger partial charge on any atom is -0.00697 e. The van der Waals surface area contributed by atoms with E-state index in [0.29, 0.717) is 0 Å². The summed E-state index contributed by atoms with van der Waals surface area (Å²) >= 11 is 0. The molecule has 0 bridgehead atoms. The lowest BCUT2D eigenvalue weighted by Crippen LogP contribution is -1.88. The number of allylic oxidation sites excluding steroid dienone is 8. The van der Waals surface area contributed by atoms with Gasteiger partial charge in [0.2, 0.25) is 0 Å². The van der Waals surface area contributed by atoms with Crippen LogP contribution in [0.5, 0.6) is 0 Å². The Hall–Kier alpha value is -1.30. The Morgan fingerprint density at radius 2 is 1.94 bits per heavy atom. The summed E-state index contributed by atoms with van der Waals surface area (Å²) in [5.74, 6) is 0. The van der Waals surface area contributed by atoms with Crippen molar-refractivity contribution < 1.29 is 0 Å². The van der Waals surface area contributed by atoms with Crippen LogP contribution in [0.1, 0.15) is 47.0 Å². The Kier molecular flexibility index (Phi) is 15.6. The van der Waals surface area contributed by atoms with E-state index < -0.39 is 0 Å². The Morgan fingerprint density at radius 3 is 2.41 bits per heavy atom. The predicted octanol–water partition coefficient (Wildman–Crippen LogP) is 6.00. The molecule has 1 aliphatic rings. The SMILES string of the molecule is C=C/C=C\C(=C)CC1=CC=CCC1.CC.CC. The lowest BCUT2D eigenvalue weighted by molar-refractivity contribution is 0.914. The lowest BCUT2D eigenvalue weighted by atomic mass is 9.98. The van der Waals surface area contributed by atoms with Crippen LogP contribution in [0.4, 0.5) is 0 Å². The van der Waals surface area contributed by atoms with Crippen LogP contribution < -0.4 is 0 Å². The van der Waals surface area contributed by atoms with Gasteiger partial charge in [-0.15, -0.1) is 0 Å². The van der Waals surface area contributed by atoms with Gasteiger partial charge >= 0.3 is 0 Å². The first-order valence-electron chi connectivity index (χ1n) is 6.64. The van der Waals surface area contributed by atoms with E-state index in [1.165, 1.54) is 18.4 Å². The lowest BCUT2D eigenvalue weighted by Gasteiger charge is -2.08. The zero-order valence-corrected chi connectivity index (χ0v) is 12.0. The van der Waals surface area contributed by atoms with E-state index in [-0.39, 0.29) is 0 Å². The van der Waals surface area contributed by atoms with E-state index in [9.17, 15) is 0 Å². The first-order valence-corrected chi connectivity index (χ1v) is 6.64. The van der Waals surface area contributed by atoms with Gasteiger partial charge in [0.25, 0.3) is 0 Å². The molecule has 0 saturated carbocycles. The Morgan fingerprint density at radius 1 is 1.29 bits per heavy atom. The van der Waals surface area contributed by atoms with Crippen molar-refractivity contribution in [2.75, 3.05) is 0 Å². The van der Waals surface area contributed by atoms with Crippen LogP contribution in [0, 0.1) is 0 Å². The molecule has 96 valence electrons. The van der Waals surface area contributed by atoms with Crippen LogP contribution in [0.25, 0.3) is 0 Å². The van der Waals surface area contributed by atoms with Gasteiger partial charge in [-0.1, -0.05) is 88.5 Å². The minimum Gasteiger partial charge on any atom is -0.0991 e. The van der Waals surface area contributed by atoms with Crippen molar-refractivity contribution >= 4 is 0 Å². The van der Waals surface area contributed by atoms with Crippen LogP contribution >= 0.6 is 0 Å². The Labute approximate surface area is 108 Å². The summed E-state index contributed by atoms with van der Waals surface area (Å²) in [6, 6.07) is 0. The average molecular weight is 232 g/mol. The second kappa shape index (κ2) is 14.7. The van der Waals surface area contributed by atoms with Gasteiger partial charge in [-0.2, -0.15) is 0 Å². The monoisotopic (exact) mass is 232 g/mol. The number of hydrogen-bond donors (Lipinski definition) is 0. The van der Waals surface area contributed by atoms with E-state index in [0.717, 1.165) is 12.0 Å². The maximum absolute atomic E-state index is 3.99. The molecule has 0 unspecified atom stereocenters. The fraction of sp³-hybridized carbons (Fsp3) is 0.412. The van der Waals surface area contributed by atoms with Crippen molar-refractivity contribution in [3.63, 3.8) is 0 Å². The van der Waals surface area contributed by atoms with Crippen molar-refractivity contribution in [1.29, 1.82) is 0 Å². The zero-order valence-electron chi connectivity index (χ0n) is 12.0. The van der Waals surface area contributed by atoms with Gasteiger partial charge in [-0.3, -0.25) is 0 Å². The Bertz CT molecular complexity index is 274. The largest absolute Gasteiger partial charge is 0.0991 e. The topological polar surface area (TPSA) is 0 Å². The van der Waals surface area contributed by atoms with Crippen molar-refractivity contribution in [3.05, 3.63) is 60.8 Å². The molecule has 0 fully saturated rings. The Balaban J connectivity index is 0. The summed E-state index contributed by atoms with van der Waals surface area (Å²) in [5.41, 5.74) is 2.63. The summed E-state index contributed by atoms with van der Waals surface area (Å²) < 4.78 is 0. The molecule has 0 heteroatoms. The van der Waals surface area contributed by atoms with Crippen LogP contribution in [-0.4, -0.2) is 0 Å². The molecule has 17 heavy (non-hydrogen) atoms. The normalized spacial score (nSPS) is 12.8. The molecule has 1 aliphatic carbocycles. The van der Waals surface area contributed by atoms with Crippen LogP contribution in [-0.2, 0) is 0 Å². The fourth-order valence-electron chi connectivity index (χ4n) is 1.35. The third-order valence-corrected chi connectivity index (χ3v) is 2.02. The van der Waals surface area contributed by atoms with Crippen molar-refractivity contribution in [3.8, 4) is 0 Å². The zero-order chi connectivity index (χ0) is 13.5. The second-order valence-electron chi connectivity index (χ2n) is 3.22. The highest BCUT2D eigenvalue weighted by molar-refractivity contribution is 5.28. The molecule has 0 radical (unpaired) electrons. The molecule has 0 saturated heterocycles. The second-order valence-corrected chi connectivity index (χ2v) is 3.22.